The van der Waals surface area contributed by atoms with Gasteiger partial charge in [0.05, 0.1) is 12.6 Å². The van der Waals surface area contributed by atoms with Crippen LogP contribution in [0.15, 0.2) is 48.5 Å². The van der Waals surface area contributed by atoms with Gasteiger partial charge >= 0.3 is 0 Å². The largest absolute Gasteiger partial charge is 0.393 e. The lowest BCUT2D eigenvalue weighted by Gasteiger charge is -2.40. The van der Waals surface area contributed by atoms with Gasteiger partial charge in [0.2, 0.25) is 5.91 Å². The van der Waals surface area contributed by atoms with E-state index in [1.165, 1.54) is 18.2 Å². The fourth-order valence-corrected chi connectivity index (χ4v) is 6.57. The topological polar surface area (TPSA) is 72.9 Å². The number of hydrogen-bond acceptors (Lipinski definition) is 4. The van der Waals surface area contributed by atoms with Gasteiger partial charge in [-0.3, -0.25) is 14.5 Å². The molecule has 2 aliphatic heterocycles. The number of aliphatic hydroxyl groups is 1. The van der Waals surface area contributed by atoms with Gasteiger partial charge in [0.15, 0.2) is 0 Å². The zero-order valence-electron chi connectivity index (χ0n) is 21.7. The number of nitrogens with zero attached hydrogens (tertiary/aromatic N) is 2. The first-order valence-electron chi connectivity index (χ1n) is 13.9. The Balaban J connectivity index is 1.23. The van der Waals surface area contributed by atoms with Crippen molar-refractivity contribution in [3.8, 4) is 0 Å². The number of carbonyl (C=O) groups excluding carboxylic acids is 2. The Hall–Kier alpha value is -2.84. The van der Waals surface area contributed by atoms with E-state index in [9.17, 15) is 23.5 Å². The van der Waals surface area contributed by atoms with Crippen molar-refractivity contribution in [3.63, 3.8) is 0 Å². The van der Waals surface area contributed by atoms with Crippen molar-refractivity contribution in [2.24, 2.45) is 5.92 Å². The molecule has 0 aromatic heterocycles. The molecular formula is C30H37F2N3O3. The van der Waals surface area contributed by atoms with Gasteiger partial charge in [-0.2, -0.15) is 0 Å². The summed E-state index contributed by atoms with van der Waals surface area (Å²) in [6, 6.07) is 13.8. The number of nitrogens with one attached hydrogen (secondary N) is 1. The van der Waals surface area contributed by atoms with Crippen molar-refractivity contribution in [2.75, 3.05) is 13.1 Å². The molecule has 204 valence electrons. The Morgan fingerprint density at radius 3 is 2.16 bits per heavy atom. The monoisotopic (exact) mass is 525 g/mol. The molecule has 6 nitrogen and oxygen atoms in total. The van der Waals surface area contributed by atoms with Gasteiger partial charge in [-0.05, 0) is 75.6 Å². The van der Waals surface area contributed by atoms with Gasteiger partial charge in [0.1, 0.15) is 11.6 Å². The van der Waals surface area contributed by atoms with E-state index < -0.39 is 11.6 Å². The zero-order valence-corrected chi connectivity index (χ0v) is 21.7. The van der Waals surface area contributed by atoms with Crippen LogP contribution in [0.25, 0.3) is 0 Å². The molecule has 2 atom stereocenters. The van der Waals surface area contributed by atoms with Crippen LogP contribution in [-0.2, 0) is 11.3 Å². The maximum Gasteiger partial charge on any atom is 0.251 e. The van der Waals surface area contributed by atoms with Gasteiger partial charge < -0.3 is 15.3 Å². The van der Waals surface area contributed by atoms with Crippen molar-refractivity contribution < 1.29 is 23.5 Å². The van der Waals surface area contributed by atoms with Crippen LogP contribution in [0.4, 0.5) is 8.78 Å². The fourth-order valence-electron chi connectivity index (χ4n) is 6.57. The van der Waals surface area contributed by atoms with E-state index >= 15 is 0 Å². The summed E-state index contributed by atoms with van der Waals surface area (Å²) in [6.07, 6.45) is 5.74. The minimum absolute atomic E-state index is 0.0512. The Morgan fingerprint density at radius 2 is 1.53 bits per heavy atom. The summed E-state index contributed by atoms with van der Waals surface area (Å²) in [4.78, 5) is 30.2. The first kappa shape index (κ1) is 26.8. The molecule has 2 bridgehead atoms. The highest BCUT2D eigenvalue weighted by Gasteiger charge is 2.41. The van der Waals surface area contributed by atoms with Crippen molar-refractivity contribution in [3.05, 3.63) is 71.3 Å². The van der Waals surface area contributed by atoms with Crippen molar-refractivity contribution in [1.82, 2.24) is 15.1 Å². The number of halogens is 2. The molecule has 38 heavy (non-hydrogen) atoms. The van der Waals surface area contributed by atoms with Gasteiger partial charge in [-0.1, -0.05) is 24.3 Å². The number of rotatable bonds is 8. The molecule has 3 aliphatic rings. The third-order valence-electron chi connectivity index (χ3n) is 8.65. The summed E-state index contributed by atoms with van der Waals surface area (Å²) in [7, 11) is 0. The Kier molecular flexibility index (Phi) is 8.39. The van der Waals surface area contributed by atoms with Crippen LogP contribution < -0.4 is 5.32 Å². The molecule has 3 fully saturated rings. The summed E-state index contributed by atoms with van der Waals surface area (Å²) >= 11 is 0. The predicted octanol–water partition coefficient (Wildman–Crippen LogP) is 4.27. The van der Waals surface area contributed by atoms with Gasteiger partial charge in [-0.15, -0.1) is 0 Å². The average Bonchev–Trinajstić information content (AvgIpc) is 3.16. The van der Waals surface area contributed by atoms with Crippen LogP contribution in [0.1, 0.15) is 67.3 Å². The SMILES string of the molecule is O=C(NC1CC2CCC(C1)N2CCN(Cc1c(F)cccc1F)C(=O)C1CCC(O)CC1)c1ccccc1. The van der Waals surface area contributed by atoms with Crippen LogP contribution in [0.3, 0.4) is 0 Å². The maximum absolute atomic E-state index is 14.5. The molecule has 2 N–H and O–H groups in total. The quantitative estimate of drug-likeness (QED) is 0.540. The highest BCUT2D eigenvalue weighted by atomic mass is 19.1. The summed E-state index contributed by atoms with van der Waals surface area (Å²) in [5, 5.41) is 13.1. The van der Waals surface area contributed by atoms with Crippen molar-refractivity contribution in [1.29, 1.82) is 0 Å². The van der Waals surface area contributed by atoms with E-state index in [1.807, 2.05) is 30.3 Å². The molecule has 2 aromatic carbocycles. The van der Waals surface area contributed by atoms with E-state index in [4.69, 9.17) is 0 Å². The van der Waals surface area contributed by atoms with Gasteiger partial charge in [0.25, 0.3) is 5.91 Å². The smallest absolute Gasteiger partial charge is 0.251 e. The Labute approximate surface area is 223 Å². The highest BCUT2D eigenvalue weighted by Crippen LogP contribution is 2.36. The summed E-state index contributed by atoms with van der Waals surface area (Å²) in [5.41, 5.74) is 0.578. The van der Waals surface area contributed by atoms with Gasteiger partial charge in [0, 0.05) is 48.3 Å². The van der Waals surface area contributed by atoms with E-state index in [2.05, 4.69) is 10.2 Å². The van der Waals surface area contributed by atoms with Crippen LogP contribution in [0.2, 0.25) is 0 Å². The van der Waals surface area contributed by atoms with Crippen LogP contribution in [-0.4, -0.2) is 64.0 Å². The molecule has 0 spiro atoms. The first-order chi connectivity index (χ1) is 18.4. The minimum atomic E-state index is -0.642. The molecule has 1 saturated carbocycles. The number of piperidine rings is 1. The van der Waals surface area contributed by atoms with E-state index in [-0.39, 0.29) is 42.0 Å². The van der Waals surface area contributed by atoms with Gasteiger partial charge in [-0.25, -0.2) is 8.78 Å². The lowest BCUT2D eigenvalue weighted by atomic mass is 9.86. The van der Waals surface area contributed by atoms with Crippen LogP contribution >= 0.6 is 0 Å². The van der Waals surface area contributed by atoms with E-state index in [1.54, 1.807) is 4.90 Å². The number of aliphatic hydroxyl groups excluding tert-OH is 1. The Morgan fingerprint density at radius 1 is 0.895 bits per heavy atom. The van der Waals surface area contributed by atoms with E-state index in [0.29, 0.717) is 56.4 Å². The maximum atomic E-state index is 14.5. The number of fused-ring (bicyclic) bond motifs is 2. The lowest BCUT2D eigenvalue weighted by molar-refractivity contribution is -0.138. The third-order valence-corrected chi connectivity index (χ3v) is 8.65. The number of benzene rings is 2. The molecular weight excluding hydrogens is 488 g/mol. The molecule has 1 aliphatic carbocycles. The predicted molar refractivity (Wildman–Crippen MR) is 140 cm³/mol. The summed E-state index contributed by atoms with van der Waals surface area (Å²) in [6.45, 7) is 0.918. The molecule has 2 heterocycles. The summed E-state index contributed by atoms with van der Waals surface area (Å²) < 4.78 is 29.0. The first-order valence-corrected chi connectivity index (χ1v) is 13.9. The number of amides is 2. The molecule has 2 amide bonds. The highest BCUT2D eigenvalue weighted by molar-refractivity contribution is 5.94. The van der Waals surface area contributed by atoms with Crippen LogP contribution in [0.5, 0.6) is 0 Å². The normalized spacial score (nSPS) is 27.2. The van der Waals surface area contributed by atoms with Crippen molar-refractivity contribution >= 4 is 11.8 Å². The zero-order chi connectivity index (χ0) is 26.6. The van der Waals surface area contributed by atoms with Crippen LogP contribution in [0, 0.1) is 17.6 Å². The second-order valence-electron chi connectivity index (χ2n) is 11.1. The second kappa shape index (κ2) is 11.9. The fraction of sp³-hybridized carbons (Fsp3) is 0.533. The molecule has 2 aromatic rings. The number of hydrogen-bond donors (Lipinski definition) is 2. The standard InChI is InChI=1S/C30H37F2N3O3/c31-27-7-4-8-28(32)26(27)19-34(30(38)21-9-13-25(36)14-10-21)15-16-35-23-11-12-24(35)18-22(17-23)33-29(37)20-5-2-1-3-6-20/h1-8,21-25,36H,9-19H2,(H,33,37). The molecule has 8 heteroatoms. The Bertz CT molecular complexity index is 1090. The number of carbonyl (C=O) groups is 2. The summed E-state index contributed by atoms with van der Waals surface area (Å²) in [5.74, 6) is -1.65. The third kappa shape index (κ3) is 6.07. The van der Waals surface area contributed by atoms with Crippen molar-refractivity contribution in [2.45, 2.75) is 82.1 Å². The molecule has 2 unspecified atom stereocenters. The average molecular weight is 526 g/mol. The molecule has 2 saturated heterocycles. The molecule has 5 rings (SSSR count). The van der Waals surface area contributed by atoms with E-state index in [0.717, 1.165) is 25.7 Å². The minimum Gasteiger partial charge on any atom is -0.393 e. The lowest BCUT2D eigenvalue weighted by Crippen LogP contribution is -2.52. The molecule has 0 radical (unpaired) electrons. The second-order valence-corrected chi connectivity index (χ2v) is 11.1.